The van der Waals surface area contributed by atoms with E-state index in [1.165, 1.54) is 0 Å². The summed E-state index contributed by atoms with van der Waals surface area (Å²) in [6.07, 6.45) is -0.672. The number of aromatic nitrogens is 4. The van der Waals surface area contributed by atoms with Crippen molar-refractivity contribution in [1.82, 2.24) is 19.8 Å². The Labute approximate surface area is 172 Å². The molecule has 4 rings (SSSR count). The highest BCUT2D eigenvalue weighted by molar-refractivity contribution is 6.30. The molecule has 0 aliphatic carbocycles. The van der Waals surface area contributed by atoms with Crippen molar-refractivity contribution in [2.45, 2.75) is 20.0 Å². The maximum Gasteiger partial charge on any atom is 0.265 e. The van der Waals surface area contributed by atoms with Gasteiger partial charge < -0.3 is 10.1 Å². The molecular weight excluding hydrogens is 390 g/mol. The van der Waals surface area contributed by atoms with Gasteiger partial charge in [-0.25, -0.2) is 0 Å². The van der Waals surface area contributed by atoms with E-state index in [1.807, 2.05) is 43.3 Å². The van der Waals surface area contributed by atoms with Crippen LogP contribution in [0.15, 0.2) is 60.7 Å². The van der Waals surface area contributed by atoms with E-state index in [2.05, 4.69) is 20.6 Å². The van der Waals surface area contributed by atoms with Crippen LogP contribution < -0.4 is 10.1 Å². The highest BCUT2D eigenvalue weighted by Gasteiger charge is 2.15. The van der Waals surface area contributed by atoms with Gasteiger partial charge in [0, 0.05) is 16.3 Å². The van der Waals surface area contributed by atoms with Gasteiger partial charge in [0.15, 0.2) is 17.6 Å². The molecule has 0 fully saturated rings. The number of aryl methyl sites for hydroxylation is 1. The Morgan fingerprint density at radius 2 is 1.90 bits per heavy atom. The third-order valence-electron chi connectivity index (χ3n) is 4.35. The maximum atomic E-state index is 12.4. The van der Waals surface area contributed by atoms with Crippen molar-refractivity contribution >= 4 is 28.8 Å². The number of carbonyl (C=O) groups is 1. The number of fused-ring (bicyclic) bond motifs is 1. The van der Waals surface area contributed by atoms with Crippen molar-refractivity contribution in [1.29, 1.82) is 0 Å². The number of nitrogens with zero attached hydrogens (tertiary/aromatic N) is 4. The Bertz CT molecular complexity index is 1170. The first-order chi connectivity index (χ1) is 14.0. The van der Waals surface area contributed by atoms with E-state index in [0.717, 1.165) is 17.1 Å². The lowest BCUT2D eigenvalue weighted by Gasteiger charge is -2.15. The number of ether oxygens (including phenoxy) is 1. The fourth-order valence-electron chi connectivity index (χ4n) is 2.82. The van der Waals surface area contributed by atoms with Crippen LogP contribution in [0.4, 0.5) is 5.69 Å². The normalized spacial score (nSPS) is 12.0. The van der Waals surface area contributed by atoms with Gasteiger partial charge in [-0.15, -0.1) is 10.2 Å². The zero-order valence-electron chi connectivity index (χ0n) is 15.8. The maximum absolute atomic E-state index is 12.4. The second-order valence-electron chi connectivity index (χ2n) is 6.52. The summed E-state index contributed by atoms with van der Waals surface area (Å²) in [7, 11) is 0. The topological polar surface area (TPSA) is 81.4 Å². The monoisotopic (exact) mass is 407 g/mol. The third kappa shape index (κ3) is 4.20. The van der Waals surface area contributed by atoms with E-state index in [9.17, 15) is 4.79 Å². The molecule has 2 aromatic heterocycles. The standard InChI is InChI=1S/C21H18ClN5O2/c1-13(29-18-5-3-4-16(22)12-18)21(28)23-17-8-6-15(7-9-17)19-10-11-20-25-24-14(2)27(20)26-19/h3-13H,1-2H3,(H,23,28). The fraction of sp³-hybridized carbons (Fsp3) is 0.143. The van der Waals surface area contributed by atoms with Gasteiger partial charge in [-0.1, -0.05) is 29.8 Å². The van der Waals surface area contributed by atoms with Crippen LogP contribution in [0.5, 0.6) is 5.75 Å². The Morgan fingerprint density at radius 3 is 2.66 bits per heavy atom. The highest BCUT2D eigenvalue weighted by atomic mass is 35.5. The van der Waals surface area contributed by atoms with Gasteiger partial charge >= 0.3 is 0 Å². The number of rotatable bonds is 5. The van der Waals surface area contributed by atoms with Crippen LogP contribution in [-0.4, -0.2) is 31.8 Å². The Kier molecular flexibility index (Phi) is 5.14. The molecule has 0 aliphatic rings. The lowest BCUT2D eigenvalue weighted by Crippen LogP contribution is -2.30. The summed E-state index contributed by atoms with van der Waals surface area (Å²) in [6, 6.07) is 18.1. The van der Waals surface area contributed by atoms with Crippen molar-refractivity contribution in [3.05, 3.63) is 71.5 Å². The molecule has 0 aliphatic heterocycles. The van der Waals surface area contributed by atoms with Crippen LogP contribution in [0.1, 0.15) is 12.7 Å². The van der Waals surface area contributed by atoms with Gasteiger partial charge in [-0.05, 0) is 56.3 Å². The molecule has 0 saturated heterocycles. The average Bonchev–Trinajstić information content (AvgIpc) is 3.09. The predicted octanol–water partition coefficient (Wildman–Crippen LogP) is 4.16. The van der Waals surface area contributed by atoms with Crippen molar-refractivity contribution in [3.63, 3.8) is 0 Å². The fourth-order valence-corrected chi connectivity index (χ4v) is 3.00. The molecule has 2 heterocycles. The number of nitrogens with one attached hydrogen (secondary N) is 1. The molecule has 29 heavy (non-hydrogen) atoms. The Balaban J connectivity index is 1.44. The van der Waals surface area contributed by atoms with Crippen LogP contribution >= 0.6 is 11.6 Å². The summed E-state index contributed by atoms with van der Waals surface area (Å²) >= 11 is 5.94. The molecule has 0 saturated carbocycles. The number of halogens is 1. The second kappa shape index (κ2) is 7.89. The molecule has 1 N–H and O–H groups in total. The lowest BCUT2D eigenvalue weighted by atomic mass is 10.1. The third-order valence-corrected chi connectivity index (χ3v) is 4.58. The molecule has 1 unspecified atom stereocenters. The van der Waals surface area contributed by atoms with E-state index in [0.29, 0.717) is 22.1 Å². The summed E-state index contributed by atoms with van der Waals surface area (Å²) in [5.74, 6) is 1.01. The highest BCUT2D eigenvalue weighted by Crippen LogP contribution is 2.21. The lowest BCUT2D eigenvalue weighted by molar-refractivity contribution is -0.122. The molecule has 0 radical (unpaired) electrons. The number of hydrogen-bond donors (Lipinski definition) is 1. The van der Waals surface area contributed by atoms with Crippen molar-refractivity contribution < 1.29 is 9.53 Å². The Morgan fingerprint density at radius 1 is 1.10 bits per heavy atom. The molecule has 8 heteroatoms. The van der Waals surface area contributed by atoms with Gasteiger partial charge in [0.25, 0.3) is 5.91 Å². The molecular formula is C21H18ClN5O2. The van der Waals surface area contributed by atoms with Crippen LogP contribution in [0, 0.1) is 6.92 Å². The van der Waals surface area contributed by atoms with E-state index in [-0.39, 0.29) is 5.91 Å². The minimum atomic E-state index is -0.672. The van der Waals surface area contributed by atoms with Crippen molar-refractivity contribution in [3.8, 4) is 17.0 Å². The smallest absolute Gasteiger partial charge is 0.265 e. The van der Waals surface area contributed by atoms with Gasteiger partial charge in [0.05, 0.1) is 5.69 Å². The molecule has 1 amide bonds. The predicted molar refractivity (Wildman–Crippen MR) is 111 cm³/mol. The first-order valence-electron chi connectivity index (χ1n) is 9.02. The zero-order chi connectivity index (χ0) is 20.4. The SMILES string of the molecule is Cc1nnc2ccc(-c3ccc(NC(=O)C(C)Oc4cccc(Cl)c4)cc3)nn12. The van der Waals surface area contributed by atoms with Crippen LogP contribution in [0.3, 0.4) is 0 Å². The summed E-state index contributed by atoms with van der Waals surface area (Å²) < 4.78 is 7.34. The Hall–Kier alpha value is -3.45. The number of hydrogen-bond acceptors (Lipinski definition) is 5. The largest absolute Gasteiger partial charge is 0.481 e. The van der Waals surface area contributed by atoms with E-state index in [1.54, 1.807) is 35.7 Å². The molecule has 4 aromatic rings. The number of anilines is 1. The average molecular weight is 408 g/mol. The zero-order valence-corrected chi connectivity index (χ0v) is 16.6. The van der Waals surface area contributed by atoms with Gasteiger partial charge in [0.2, 0.25) is 0 Å². The first kappa shape index (κ1) is 18.9. The van der Waals surface area contributed by atoms with Gasteiger partial charge in [-0.3, -0.25) is 4.79 Å². The molecule has 0 spiro atoms. The minimum Gasteiger partial charge on any atom is -0.481 e. The van der Waals surface area contributed by atoms with Crippen LogP contribution in [0.25, 0.3) is 16.9 Å². The molecule has 7 nitrogen and oxygen atoms in total. The quantitative estimate of drug-likeness (QED) is 0.537. The van der Waals surface area contributed by atoms with E-state index >= 15 is 0 Å². The molecule has 0 bridgehead atoms. The minimum absolute atomic E-state index is 0.252. The van der Waals surface area contributed by atoms with Crippen molar-refractivity contribution in [2.24, 2.45) is 0 Å². The van der Waals surface area contributed by atoms with Crippen LogP contribution in [0.2, 0.25) is 5.02 Å². The number of benzene rings is 2. The van der Waals surface area contributed by atoms with Crippen LogP contribution in [-0.2, 0) is 4.79 Å². The summed E-state index contributed by atoms with van der Waals surface area (Å²) in [4.78, 5) is 12.4. The van der Waals surface area contributed by atoms with Gasteiger partial charge in [0.1, 0.15) is 5.75 Å². The van der Waals surface area contributed by atoms with E-state index in [4.69, 9.17) is 16.3 Å². The van der Waals surface area contributed by atoms with Gasteiger partial charge in [-0.2, -0.15) is 9.61 Å². The molecule has 146 valence electrons. The summed E-state index contributed by atoms with van der Waals surface area (Å²) in [5, 5.41) is 16.0. The van der Waals surface area contributed by atoms with Crippen molar-refractivity contribution in [2.75, 3.05) is 5.32 Å². The molecule has 1 atom stereocenters. The number of amides is 1. The number of carbonyl (C=O) groups excluding carboxylic acids is 1. The molecule has 2 aromatic carbocycles. The summed E-state index contributed by atoms with van der Waals surface area (Å²) in [5.41, 5.74) is 3.07. The summed E-state index contributed by atoms with van der Waals surface area (Å²) in [6.45, 7) is 3.53. The van der Waals surface area contributed by atoms with E-state index < -0.39 is 6.10 Å². The first-order valence-corrected chi connectivity index (χ1v) is 9.40. The second-order valence-corrected chi connectivity index (χ2v) is 6.96.